The summed E-state index contributed by atoms with van der Waals surface area (Å²) in [4.78, 5) is 0. The van der Waals surface area contributed by atoms with Crippen LogP contribution in [0.1, 0.15) is 0 Å². The van der Waals surface area contributed by atoms with Crippen LogP contribution in [0.5, 0.6) is 11.5 Å². The Morgan fingerprint density at radius 2 is 1.41 bits per heavy atom. The first-order chi connectivity index (χ1) is 7.57. The van der Waals surface area contributed by atoms with Gasteiger partial charge in [0.2, 0.25) is 16.6 Å². The fraction of sp³-hybridized carbons (Fsp3) is 0.500. The Balaban J connectivity index is 2.95. The van der Waals surface area contributed by atoms with Crippen LogP contribution in [0.2, 0.25) is 44.3 Å². The molecule has 0 aliphatic rings. The summed E-state index contributed by atoms with van der Waals surface area (Å²) in [6.45, 7) is 12.9. The lowest BCUT2D eigenvalue weighted by Gasteiger charge is -2.23. The first-order valence-electron chi connectivity index (χ1n) is 5.74. The molecular formula is C12H21ClO2Si2. The highest BCUT2D eigenvalue weighted by Crippen LogP contribution is 2.31. The van der Waals surface area contributed by atoms with E-state index in [4.69, 9.17) is 20.5 Å². The van der Waals surface area contributed by atoms with Crippen LogP contribution in [-0.4, -0.2) is 16.6 Å². The lowest BCUT2D eigenvalue weighted by Crippen LogP contribution is -2.30. The molecule has 0 aliphatic heterocycles. The van der Waals surface area contributed by atoms with Crippen molar-refractivity contribution in [1.82, 2.24) is 0 Å². The summed E-state index contributed by atoms with van der Waals surface area (Å²) in [5, 5.41) is 0.648. The van der Waals surface area contributed by atoms with E-state index in [1.807, 2.05) is 18.2 Å². The van der Waals surface area contributed by atoms with Gasteiger partial charge in [-0.1, -0.05) is 11.6 Å². The van der Waals surface area contributed by atoms with Gasteiger partial charge in [0.15, 0.2) is 0 Å². The summed E-state index contributed by atoms with van der Waals surface area (Å²) < 4.78 is 11.9. The van der Waals surface area contributed by atoms with Gasteiger partial charge in [-0.25, -0.2) is 0 Å². The zero-order chi connectivity index (χ0) is 13.3. The monoisotopic (exact) mass is 288 g/mol. The zero-order valence-corrected chi connectivity index (χ0v) is 14.2. The third kappa shape index (κ3) is 5.61. The minimum atomic E-state index is -1.64. The second kappa shape index (κ2) is 5.04. The van der Waals surface area contributed by atoms with Gasteiger partial charge in [-0.3, -0.25) is 0 Å². The molecule has 0 N–H and O–H groups in total. The SMILES string of the molecule is C[Si](C)(C)Oc1ccc(Cl)c(O[Si](C)(C)C)c1. The fourth-order valence-corrected chi connectivity index (χ4v) is 3.19. The smallest absolute Gasteiger partial charge is 0.242 e. The van der Waals surface area contributed by atoms with E-state index in [-0.39, 0.29) is 0 Å². The summed E-state index contributed by atoms with van der Waals surface area (Å²) >= 11 is 6.13. The predicted octanol–water partition coefficient (Wildman–Crippen LogP) is 4.77. The topological polar surface area (TPSA) is 18.5 Å². The molecule has 0 amide bonds. The molecule has 0 fully saturated rings. The van der Waals surface area contributed by atoms with Gasteiger partial charge in [-0.05, 0) is 51.4 Å². The van der Waals surface area contributed by atoms with Crippen molar-refractivity contribution in [2.45, 2.75) is 39.3 Å². The van der Waals surface area contributed by atoms with E-state index in [0.717, 1.165) is 11.5 Å². The predicted molar refractivity (Wildman–Crippen MR) is 79.4 cm³/mol. The van der Waals surface area contributed by atoms with Crippen molar-refractivity contribution in [2.75, 3.05) is 0 Å². The maximum absolute atomic E-state index is 6.13. The van der Waals surface area contributed by atoms with Crippen molar-refractivity contribution in [3.05, 3.63) is 23.2 Å². The molecule has 0 saturated carbocycles. The lowest BCUT2D eigenvalue weighted by atomic mass is 10.3. The van der Waals surface area contributed by atoms with E-state index in [1.54, 1.807) is 0 Å². The second-order valence-electron chi connectivity index (χ2n) is 6.02. The number of halogens is 1. The average molecular weight is 289 g/mol. The highest BCUT2D eigenvalue weighted by molar-refractivity contribution is 6.71. The zero-order valence-electron chi connectivity index (χ0n) is 11.4. The molecule has 1 aromatic carbocycles. The number of hydrogen-bond acceptors (Lipinski definition) is 2. The van der Waals surface area contributed by atoms with Crippen molar-refractivity contribution in [1.29, 1.82) is 0 Å². The van der Waals surface area contributed by atoms with Gasteiger partial charge in [0.05, 0.1) is 5.02 Å². The van der Waals surface area contributed by atoms with E-state index in [9.17, 15) is 0 Å². The van der Waals surface area contributed by atoms with Crippen LogP contribution in [0.3, 0.4) is 0 Å². The van der Waals surface area contributed by atoms with Crippen LogP contribution in [0.15, 0.2) is 18.2 Å². The minimum Gasteiger partial charge on any atom is -0.544 e. The van der Waals surface area contributed by atoms with E-state index in [1.165, 1.54) is 0 Å². The van der Waals surface area contributed by atoms with E-state index < -0.39 is 16.6 Å². The summed E-state index contributed by atoms with van der Waals surface area (Å²) in [6, 6.07) is 5.64. The molecule has 0 atom stereocenters. The first kappa shape index (κ1) is 14.6. The molecule has 17 heavy (non-hydrogen) atoms. The van der Waals surface area contributed by atoms with Crippen LogP contribution < -0.4 is 8.85 Å². The summed E-state index contributed by atoms with van der Waals surface area (Å²) in [5.74, 6) is 1.59. The quantitative estimate of drug-likeness (QED) is 0.743. The molecule has 5 heteroatoms. The molecule has 0 aromatic heterocycles. The molecule has 96 valence electrons. The van der Waals surface area contributed by atoms with Gasteiger partial charge in [0.25, 0.3) is 0 Å². The Labute approximate surface area is 111 Å². The van der Waals surface area contributed by atoms with Crippen molar-refractivity contribution in [3.63, 3.8) is 0 Å². The molecule has 0 bridgehead atoms. The second-order valence-corrected chi connectivity index (χ2v) is 15.3. The van der Waals surface area contributed by atoms with Gasteiger partial charge in [0.1, 0.15) is 11.5 Å². The van der Waals surface area contributed by atoms with Crippen LogP contribution in [-0.2, 0) is 0 Å². The molecular weight excluding hydrogens is 268 g/mol. The van der Waals surface area contributed by atoms with Crippen molar-refractivity contribution in [3.8, 4) is 11.5 Å². The van der Waals surface area contributed by atoms with E-state index >= 15 is 0 Å². The van der Waals surface area contributed by atoms with Crippen molar-refractivity contribution in [2.24, 2.45) is 0 Å². The Kier molecular flexibility index (Phi) is 4.33. The molecule has 1 rings (SSSR count). The Morgan fingerprint density at radius 3 is 1.88 bits per heavy atom. The largest absolute Gasteiger partial charge is 0.544 e. The molecule has 1 aromatic rings. The van der Waals surface area contributed by atoms with E-state index in [0.29, 0.717) is 5.02 Å². The first-order valence-corrected chi connectivity index (χ1v) is 12.9. The normalized spacial score (nSPS) is 12.4. The maximum atomic E-state index is 6.13. The van der Waals surface area contributed by atoms with Gasteiger partial charge < -0.3 is 8.85 Å². The van der Waals surface area contributed by atoms with Crippen LogP contribution >= 0.6 is 11.6 Å². The maximum Gasteiger partial charge on any atom is 0.242 e. The molecule has 0 heterocycles. The molecule has 2 nitrogen and oxygen atoms in total. The van der Waals surface area contributed by atoms with Gasteiger partial charge in [-0.15, -0.1) is 0 Å². The Bertz CT molecular complexity index is 394. The lowest BCUT2D eigenvalue weighted by molar-refractivity contribution is 0.533. The van der Waals surface area contributed by atoms with Crippen LogP contribution in [0.4, 0.5) is 0 Å². The third-order valence-electron chi connectivity index (χ3n) is 1.74. The number of rotatable bonds is 4. The highest BCUT2D eigenvalue weighted by atomic mass is 35.5. The third-order valence-corrected chi connectivity index (χ3v) is 3.74. The summed E-state index contributed by atoms with van der Waals surface area (Å²) in [6.07, 6.45) is 0. The molecule has 0 spiro atoms. The van der Waals surface area contributed by atoms with Crippen LogP contribution in [0, 0.1) is 0 Å². The Hall–Kier alpha value is -0.456. The molecule has 0 aliphatic carbocycles. The molecule has 0 saturated heterocycles. The van der Waals surface area contributed by atoms with Crippen LogP contribution in [0.25, 0.3) is 0 Å². The Morgan fingerprint density at radius 1 is 0.882 bits per heavy atom. The standard InChI is InChI=1S/C12H21ClO2Si2/c1-16(2,3)14-10-7-8-11(13)12(9-10)15-17(4,5)6/h7-9H,1-6H3. The van der Waals surface area contributed by atoms with Gasteiger partial charge in [0, 0.05) is 6.07 Å². The summed E-state index contributed by atoms with van der Waals surface area (Å²) in [7, 11) is -3.22. The summed E-state index contributed by atoms with van der Waals surface area (Å²) in [5.41, 5.74) is 0. The number of hydrogen-bond donors (Lipinski definition) is 0. The minimum absolute atomic E-state index is 0.648. The van der Waals surface area contributed by atoms with Gasteiger partial charge >= 0.3 is 0 Å². The average Bonchev–Trinajstić information content (AvgIpc) is 2.05. The highest BCUT2D eigenvalue weighted by Gasteiger charge is 2.20. The van der Waals surface area contributed by atoms with Crippen molar-refractivity contribution < 1.29 is 8.85 Å². The molecule has 0 radical (unpaired) electrons. The number of benzene rings is 1. The van der Waals surface area contributed by atoms with Crippen molar-refractivity contribution >= 4 is 28.2 Å². The molecule has 0 unspecified atom stereocenters. The fourth-order valence-electron chi connectivity index (χ4n) is 1.31. The van der Waals surface area contributed by atoms with E-state index in [2.05, 4.69) is 39.3 Å². The van der Waals surface area contributed by atoms with Gasteiger partial charge in [-0.2, -0.15) is 0 Å².